The molecule has 0 aromatic heterocycles. The van der Waals surface area contributed by atoms with Crippen molar-refractivity contribution in [3.63, 3.8) is 0 Å². The van der Waals surface area contributed by atoms with E-state index in [0.29, 0.717) is 13.0 Å². The van der Waals surface area contributed by atoms with Crippen molar-refractivity contribution in [3.8, 4) is 0 Å². The third kappa shape index (κ3) is 3.84. The number of likely N-dealkylation sites (N-methyl/N-ethyl adjacent to an activating group) is 1. The van der Waals surface area contributed by atoms with Crippen LogP contribution in [0.2, 0.25) is 0 Å². The maximum absolute atomic E-state index is 12.7. The lowest BCUT2D eigenvalue weighted by Gasteiger charge is -2.40. The van der Waals surface area contributed by atoms with Gasteiger partial charge in [-0.2, -0.15) is 0 Å². The maximum Gasteiger partial charge on any atom is 0.318 e. The Morgan fingerprint density at radius 3 is 2.61 bits per heavy atom. The van der Waals surface area contributed by atoms with Crippen molar-refractivity contribution in [1.82, 2.24) is 15.1 Å². The van der Waals surface area contributed by atoms with E-state index in [0.717, 1.165) is 18.7 Å². The molecule has 2 heterocycles. The smallest absolute Gasteiger partial charge is 0.318 e. The van der Waals surface area contributed by atoms with Crippen LogP contribution in [0.15, 0.2) is 30.3 Å². The van der Waals surface area contributed by atoms with Gasteiger partial charge in [0.15, 0.2) is 9.84 Å². The number of hydrogen-bond acceptors (Lipinski definition) is 4. The molecule has 2 aliphatic heterocycles. The monoisotopic (exact) mass is 337 g/mol. The number of nitrogens with one attached hydrogen (secondary N) is 1. The summed E-state index contributed by atoms with van der Waals surface area (Å²) >= 11 is 0. The first-order valence-electron chi connectivity index (χ1n) is 7.96. The van der Waals surface area contributed by atoms with Gasteiger partial charge in [-0.05, 0) is 19.0 Å². The van der Waals surface area contributed by atoms with Gasteiger partial charge in [0.25, 0.3) is 0 Å². The van der Waals surface area contributed by atoms with Gasteiger partial charge < -0.3 is 15.1 Å². The fourth-order valence-corrected chi connectivity index (χ4v) is 4.96. The molecule has 7 heteroatoms. The summed E-state index contributed by atoms with van der Waals surface area (Å²) in [4.78, 5) is 16.7. The molecule has 0 aliphatic carbocycles. The molecule has 0 unspecified atom stereocenters. The first-order valence-corrected chi connectivity index (χ1v) is 9.78. The molecule has 1 N–H and O–H groups in total. The largest absolute Gasteiger partial charge is 0.334 e. The Labute approximate surface area is 137 Å². The molecule has 0 radical (unpaired) electrons. The molecule has 23 heavy (non-hydrogen) atoms. The van der Waals surface area contributed by atoms with E-state index in [2.05, 4.69) is 17.3 Å². The Hall–Kier alpha value is -1.60. The van der Waals surface area contributed by atoms with Crippen LogP contribution in [0.5, 0.6) is 0 Å². The second kappa shape index (κ2) is 6.49. The minimum absolute atomic E-state index is 0.00652. The van der Waals surface area contributed by atoms with E-state index < -0.39 is 9.84 Å². The van der Waals surface area contributed by atoms with Crippen molar-refractivity contribution in [2.24, 2.45) is 0 Å². The first-order chi connectivity index (χ1) is 10.9. The van der Waals surface area contributed by atoms with Crippen LogP contribution >= 0.6 is 0 Å². The van der Waals surface area contributed by atoms with Gasteiger partial charge in [0.05, 0.1) is 17.5 Å². The van der Waals surface area contributed by atoms with Crippen molar-refractivity contribution in [1.29, 1.82) is 0 Å². The number of carbonyl (C=O) groups is 1. The van der Waals surface area contributed by atoms with Crippen LogP contribution in [0.25, 0.3) is 0 Å². The summed E-state index contributed by atoms with van der Waals surface area (Å²) in [7, 11) is -0.937. The van der Waals surface area contributed by atoms with Crippen molar-refractivity contribution in [2.45, 2.75) is 18.5 Å². The number of urea groups is 1. The Kier molecular flexibility index (Phi) is 4.59. The predicted molar refractivity (Wildman–Crippen MR) is 89.0 cm³/mol. The van der Waals surface area contributed by atoms with Gasteiger partial charge in [-0.25, -0.2) is 13.2 Å². The zero-order valence-electron chi connectivity index (χ0n) is 13.3. The van der Waals surface area contributed by atoms with Crippen molar-refractivity contribution in [2.75, 3.05) is 38.2 Å². The average Bonchev–Trinajstić information content (AvgIpc) is 2.86. The van der Waals surface area contributed by atoms with Crippen LogP contribution in [0.3, 0.4) is 0 Å². The number of carbonyl (C=O) groups excluding carboxylic acids is 1. The summed E-state index contributed by atoms with van der Waals surface area (Å²) < 4.78 is 23.1. The molecule has 2 atom stereocenters. The van der Waals surface area contributed by atoms with E-state index in [4.69, 9.17) is 0 Å². The maximum atomic E-state index is 12.7. The second-order valence-corrected chi connectivity index (χ2v) is 8.66. The SMILES string of the molecule is CN1CCN(C(=O)N[C@@H]2CCS(=O)(=O)C2)[C@@H](c2ccccc2)C1. The number of amides is 2. The molecule has 2 saturated heterocycles. The molecule has 126 valence electrons. The Balaban J connectivity index is 1.72. The highest BCUT2D eigenvalue weighted by Gasteiger charge is 2.34. The van der Waals surface area contributed by atoms with Crippen LogP contribution in [-0.4, -0.2) is 68.5 Å². The van der Waals surface area contributed by atoms with Gasteiger partial charge in [0.2, 0.25) is 0 Å². The second-order valence-electron chi connectivity index (χ2n) is 6.43. The fraction of sp³-hybridized carbons (Fsp3) is 0.562. The van der Waals surface area contributed by atoms with E-state index >= 15 is 0 Å². The molecule has 2 aliphatic rings. The lowest BCUT2D eigenvalue weighted by atomic mass is 10.0. The minimum atomic E-state index is -2.99. The number of benzene rings is 1. The van der Waals surface area contributed by atoms with Gasteiger partial charge >= 0.3 is 6.03 Å². The van der Waals surface area contributed by atoms with Gasteiger partial charge in [0, 0.05) is 25.7 Å². The minimum Gasteiger partial charge on any atom is -0.334 e. The van der Waals surface area contributed by atoms with Crippen molar-refractivity contribution in [3.05, 3.63) is 35.9 Å². The topological polar surface area (TPSA) is 69.7 Å². The zero-order chi connectivity index (χ0) is 16.4. The van der Waals surface area contributed by atoms with Gasteiger partial charge in [-0.15, -0.1) is 0 Å². The summed E-state index contributed by atoms with van der Waals surface area (Å²) in [5.74, 6) is 0.227. The standard InChI is InChI=1S/C16H23N3O3S/c1-18-8-9-19(15(11-18)13-5-3-2-4-6-13)16(20)17-14-7-10-23(21,22)12-14/h2-6,14-15H,7-12H2,1H3,(H,17,20)/t14-,15-/m1/s1. The van der Waals surface area contributed by atoms with E-state index in [-0.39, 0.29) is 29.6 Å². The summed E-state index contributed by atoms with van der Waals surface area (Å²) in [5, 5.41) is 2.91. The highest BCUT2D eigenvalue weighted by atomic mass is 32.2. The molecule has 1 aromatic rings. The van der Waals surface area contributed by atoms with Gasteiger partial charge in [-0.1, -0.05) is 30.3 Å². The molecule has 3 rings (SSSR count). The summed E-state index contributed by atoms with van der Waals surface area (Å²) in [6.07, 6.45) is 0.512. The molecule has 0 bridgehead atoms. The highest BCUT2D eigenvalue weighted by Crippen LogP contribution is 2.25. The zero-order valence-corrected chi connectivity index (χ0v) is 14.1. The van der Waals surface area contributed by atoms with Crippen LogP contribution < -0.4 is 5.32 Å². The van der Waals surface area contributed by atoms with Crippen LogP contribution in [0.1, 0.15) is 18.0 Å². The quantitative estimate of drug-likeness (QED) is 0.869. The molecule has 2 fully saturated rings. The average molecular weight is 337 g/mol. The molecule has 6 nitrogen and oxygen atoms in total. The predicted octanol–water partition coefficient (Wildman–Crippen LogP) is 0.872. The molecule has 0 spiro atoms. The lowest BCUT2D eigenvalue weighted by Crippen LogP contribution is -2.54. The molecule has 2 amide bonds. The molecule has 1 aromatic carbocycles. The van der Waals surface area contributed by atoms with Crippen molar-refractivity contribution >= 4 is 15.9 Å². The summed E-state index contributed by atoms with van der Waals surface area (Å²) in [5.41, 5.74) is 1.10. The number of nitrogens with zero attached hydrogens (tertiary/aromatic N) is 2. The number of sulfone groups is 1. The normalized spacial score (nSPS) is 27.8. The Bertz CT molecular complexity index is 662. The third-order valence-electron chi connectivity index (χ3n) is 4.59. The fourth-order valence-electron chi connectivity index (χ4n) is 3.29. The summed E-state index contributed by atoms with van der Waals surface area (Å²) in [6, 6.07) is 9.55. The van der Waals surface area contributed by atoms with E-state index in [1.807, 2.05) is 35.2 Å². The van der Waals surface area contributed by atoms with Crippen LogP contribution in [-0.2, 0) is 9.84 Å². The van der Waals surface area contributed by atoms with E-state index in [1.54, 1.807) is 0 Å². The lowest BCUT2D eigenvalue weighted by molar-refractivity contribution is 0.107. The Morgan fingerprint density at radius 2 is 1.96 bits per heavy atom. The van der Waals surface area contributed by atoms with Crippen LogP contribution in [0, 0.1) is 0 Å². The third-order valence-corrected chi connectivity index (χ3v) is 6.36. The molecular formula is C16H23N3O3S. The van der Waals surface area contributed by atoms with Crippen LogP contribution in [0.4, 0.5) is 4.79 Å². The number of piperazine rings is 1. The summed E-state index contributed by atoms with van der Waals surface area (Å²) in [6.45, 7) is 2.24. The van der Waals surface area contributed by atoms with E-state index in [9.17, 15) is 13.2 Å². The molecular weight excluding hydrogens is 314 g/mol. The van der Waals surface area contributed by atoms with Crippen molar-refractivity contribution < 1.29 is 13.2 Å². The number of hydrogen-bond donors (Lipinski definition) is 1. The van der Waals surface area contributed by atoms with E-state index in [1.165, 1.54) is 0 Å². The van der Waals surface area contributed by atoms with Gasteiger partial charge in [0.1, 0.15) is 0 Å². The number of rotatable bonds is 2. The first kappa shape index (κ1) is 16.3. The highest BCUT2D eigenvalue weighted by molar-refractivity contribution is 7.91. The Morgan fingerprint density at radius 1 is 1.22 bits per heavy atom. The van der Waals surface area contributed by atoms with Gasteiger partial charge in [-0.3, -0.25) is 0 Å². The molecule has 0 saturated carbocycles.